The van der Waals surface area contributed by atoms with Crippen LogP contribution in [-0.4, -0.2) is 27.1 Å². The normalized spacial score (nSPS) is 14.3. The van der Waals surface area contributed by atoms with Gasteiger partial charge in [0.2, 0.25) is 0 Å². The first-order valence-corrected chi connectivity index (χ1v) is 5.46. The van der Waals surface area contributed by atoms with E-state index >= 15 is 0 Å². The van der Waals surface area contributed by atoms with Gasteiger partial charge in [0.15, 0.2) is 0 Å². The molecule has 0 spiro atoms. The summed E-state index contributed by atoms with van der Waals surface area (Å²) in [5.41, 5.74) is 5.37. The lowest BCUT2D eigenvalue weighted by Crippen LogP contribution is -2.19. The van der Waals surface area contributed by atoms with E-state index in [9.17, 15) is 20.3 Å². The molecule has 7 heteroatoms. The third-order valence-corrected chi connectivity index (χ3v) is 2.56. The number of halogens is 1. The summed E-state index contributed by atoms with van der Waals surface area (Å²) in [7, 11) is 0. The van der Waals surface area contributed by atoms with Crippen molar-refractivity contribution in [1.29, 1.82) is 0 Å². The molecule has 2 atom stereocenters. The Hall–Kier alpha value is -1.37. The largest absolute Gasteiger partial charge is 0.399 e. The number of rotatable bonds is 5. The Morgan fingerprint density at radius 1 is 1.47 bits per heavy atom. The number of hydrogen-bond donors (Lipinski definition) is 3. The van der Waals surface area contributed by atoms with Crippen LogP contribution in [0.5, 0.6) is 0 Å². The SMILES string of the molecule is Nc1ccc(C(O)C(O)CCCl)c([N+](=O)[O-])c1. The van der Waals surface area contributed by atoms with Crippen LogP contribution in [0.4, 0.5) is 11.4 Å². The third kappa shape index (κ3) is 3.29. The minimum Gasteiger partial charge on any atom is -0.399 e. The van der Waals surface area contributed by atoms with Gasteiger partial charge in [-0.1, -0.05) is 0 Å². The van der Waals surface area contributed by atoms with Gasteiger partial charge in [-0.15, -0.1) is 11.6 Å². The Labute approximate surface area is 103 Å². The van der Waals surface area contributed by atoms with Crippen molar-refractivity contribution >= 4 is 23.0 Å². The standard InChI is InChI=1S/C10H13ClN2O4/c11-4-3-9(14)10(15)7-2-1-6(12)5-8(7)13(16)17/h1-2,5,9-10,14-15H,3-4,12H2. The van der Waals surface area contributed by atoms with Crippen molar-refractivity contribution in [2.24, 2.45) is 0 Å². The van der Waals surface area contributed by atoms with Gasteiger partial charge in [-0.3, -0.25) is 10.1 Å². The van der Waals surface area contributed by atoms with Crippen LogP contribution in [0.15, 0.2) is 18.2 Å². The molecule has 17 heavy (non-hydrogen) atoms. The van der Waals surface area contributed by atoms with E-state index in [1.54, 1.807) is 0 Å². The Bertz CT molecular complexity index is 413. The van der Waals surface area contributed by atoms with E-state index < -0.39 is 17.1 Å². The van der Waals surface area contributed by atoms with Crippen molar-refractivity contribution < 1.29 is 15.1 Å². The molecule has 0 fully saturated rings. The lowest BCUT2D eigenvalue weighted by molar-refractivity contribution is -0.386. The van der Waals surface area contributed by atoms with Gasteiger partial charge >= 0.3 is 0 Å². The maximum Gasteiger partial charge on any atom is 0.277 e. The highest BCUT2D eigenvalue weighted by molar-refractivity contribution is 6.17. The van der Waals surface area contributed by atoms with Gasteiger partial charge in [-0.25, -0.2) is 0 Å². The van der Waals surface area contributed by atoms with Gasteiger partial charge in [-0.2, -0.15) is 0 Å². The van der Waals surface area contributed by atoms with Crippen molar-refractivity contribution in [2.45, 2.75) is 18.6 Å². The zero-order valence-corrected chi connectivity index (χ0v) is 9.67. The number of alkyl halides is 1. The first kappa shape index (κ1) is 13.7. The van der Waals surface area contributed by atoms with Crippen molar-refractivity contribution in [2.75, 3.05) is 11.6 Å². The number of nitro groups is 1. The predicted octanol–water partition coefficient (Wildman–Crippen LogP) is 1.20. The van der Waals surface area contributed by atoms with Crippen LogP contribution in [-0.2, 0) is 0 Å². The maximum atomic E-state index is 10.8. The summed E-state index contributed by atoms with van der Waals surface area (Å²) in [4.78, 5) is 10.1. The second-order valence-corrected chi connectivity index (χ2v) is 3.94. The monoisotopic (exact) mass is 260 g/mol. The highest BCUT2D eigenvalue weighted by Crippen LogP contribution is 2.30. The molecule has 0 radical (unpaired) electrons. The van der Waals surface area contributed by atoms with Crippen LogP contribution in [0.2, 0.25) is 0 Å². The molecule has 0 amide bonds. The predicted molar refractivity (Wildman–Crippen MR) is 63.8 cm³/mol. The number of nitrogens with two attached hydrogens (primary N) is 1. The number of nitro benzene ring substituents is 1. The topological polar surface area (TPSA) is 110 Å². The summed E-state index contributed by atoms with van der Waals surface area (Å²) in [6, 6.07) is 3.90. The van der Waals surface area contributed by atoms with E-state index in [2.05, 4.69) is 0 Å². The van der Waals surface area contributed by atoms with E-state index in [0.717, 1.165) is 6.07 Å². The van der Waals surface area contributed by atoms with Crippen LogP contribution in [0.1, 0.15) is 18.1 Å². The van der Waals surface area contributed by atoms with Crippen LogP contribution >= 0.6 is 11.6 Å². The Balaban J connectivity index is 3.08. The zero-order valence-electron chi connectivity index (χ0n) is 8.91. The lowest BCUT2D eigenvalue weighted by Gasteiger charge is -2.17. The number of aliphatic hydroxyl groups is 2. The minimum atomic E-state index is -1.35. The fraction of sp³-hybridized carbons (Fsp3) is 0.400. The summed E-state index contributed by atoms with van der Waals surface area (Å²) >= 11 is 5.43. The molecule has 0 aliphatic heterocycles. The number of nitrogens with zero attached hydrogens (tertiary/aromatic N) is 1. The van der Waals surface area contributed by atoms with E-state index in [4.69, 9.17) is 17.3 Å². The number of benzene rings is 1. The summed E-state index contributed by atoms with van der Waals surface area (Å²) in [5, 5.41) is 30.1. The molecule has 2 unspecified atom stereocenters. The van der Waals surface area contributed by atoms with E-state index in [-0.39, 0.29) is 29.2 Å². The Morgan fingerprint density at radius 3 is 2.65 bits per heavy atom. The van der Waals surface area contributed by atoms with Gasteiger partial charge < -0.3 is 15.9 Å². The molecule has 0 aliphatic carbocycles. The van der Waals surface area contributed by atoms with Crippen LogP contribution in [0.25, 0.3) is 0 Å². The fourth-order valence-corrected chi connectivity index (χ4v) is 1.67. The molecule has 0 saturated heterocycles. The molecular formula is C10H13ClN2O4. The molecule has 0 heterocycles. The van der Waals surface area contributed by atoms with Gasteiger partial charge in [0.1, 0.15) is 6.10 Å². The number of anilines is 1. The molecule has 1 rings (SSSR count). The quantitative estimate of drug-likeness (QED) is 0.319. The van der Waals surface area contributed by atoms with Crippen molar-refractivity contribution in [3.63, 3.8) is 0 Å². The van der Waals surface area contributed by atoms with Gasteiger partial charge in [-0.05, 0) is 18.6 Å². The van der Waals surface area contributed by atoms with Crippen LogP contribution in [0.3, 0.4) is 0 Å². The van der Waals surface area contributed by atoms with E-state index in [1.807, 2.05) is 0 Å². The Kier molecular flexibility index (Phi) is 4.68. The van der Waals surface area contributed by atoms with E-state index in [1.165, 1.54) is 12.1 Å². The van der Waals surface area contributed by atoms with Gasteiger partial charge in [0, 0.05) is 17.6 Å². The maximum absolute atomic E-state index is 10.8. The molecule has 1 aromatic carbocycles. The first-order chi connectivity index (χ1) is 7.97. The number of aliphatic hydroxyl groups excluding tert-OH is 2. The molecule has 0 aliphatic rings. The second kappa shape index (κ2) is 5.81. The highest BCUT2D eigenvalue weighted by atomic mass is 35.5. The molecular weight excluding hydrogens is 248 g/mol. The second-order valence-electron chi connectivity index (χ2n) is 3.57. The smallest absolute Gasteiger partial charge is 0.277 e. The molecule has 0 saturated carbocycles. The van der Waals surface area contributed by atoms with Gasteiger partial charge in [0.25, 0.3) is 5.69 Å². The van der Waals surface area contributed by atoms with Crippen LogP contribution in [0, 0.1) is 10.1 Å². The van der Waals surface area contributed by atoms with Gasteiger partial charge in [0.05, 0.1) is 16.6 Å². The number of nitrogen functional groups attached to an aromatic ring is 1. The summed E-state index contributed by atoms with van der Waals surface area (Å²) in [6.07, 6.45) is -2.35. The summed E-state index contributed by atoms with van der Waals surface area (Å²) < 4.78 is 0. The Morgan fingerprint density at radius 2 is 2.12 bits per heavy atom. The molecule has 6 nitrogen and oxygen atoms in total. The summed E-state index contributed by atoms with van der Waals surface area (Å²) in [6.45, 7) is 0. The lowest BCUT2D eigenvalue weighted by atomic mass is 10.0. The summed E-state index contributed by atoms with van der Waals surface area (Å²) in [5.74, 6) is 0.154. The first-order valence-electron chi connectivity index (χ1n) is 4.93. The van der Waals surface area contributed by atoms with Crippen LogP contribution < -0.4 is 5.73 Å². The molecule has 94 valence electrons. The third-order valence-electron chi connectivity index (χ3n) is 2.34. The van der Waals surface area contributed by atoms with Crippen molar-refractivity contribution in [3.8, 4) is 0 Å². The minimum absolute atomic E-state index is 0.0295. The zero-order chi connectivity index (χ0) is 13.0. The number of hydrogen-bond acceptors (Lipinski definition) is 5. The van der Waals surface area contributed by atoms with Crippen molar-refractivity contribution in [3.05, 3.63) is 33.9 Å². The molecule has 1 aromatic rings. The fourth-order valence-electron chi connectivity index (χ4n) is 1.45. The average molecular weight is 261 g/mol. The van der Waals surface area contributed by atoms with Crippen molar-refractivity contribution in [1.82, 2.24) is 0 Å². The molecule has 4 N–H and O–H groups in total. The molecule has 0 aromatic heterocycles. The van der Waals surface area contributed by atoms with E-state index in [0.29, 0.717) is 0 Å². The average Bonchev–Trinajstić information content (AvgIpc) is 2.28. The molecule has 0 bridgehead atoms. The highest BCUT2D eigenvalue weighted by Gasteiger charge is 2.25.